The van der Waals surface area contributed by atoms with E-state index in [1.165, 1.54) is 0 Å². The van der Waals surface area contributed by atoms with Crippen molar-refractivity contribution in [3.8, 4) is 5.75 Å². The molecule has 0 radical (unpaired) electrons. The molecule has 0 aliphatic heterocycles. The Morgan fingerprint density at radius 1 is 1.46 bits per heavy atom. The van der Waals surface area contributed by atoms with E-state index in [0.29, 0.717) is 11.3 Å². The molecular formula is C9H9N2O2+. The van der Waals surface area contributed by atoms with Crippen LogP contribution in [0.2, 0.25) is 0 Å². The zero-order chi connectivity index (χ0) is 9.68. The number of hydrogen-bond acceptors (Lipinski definition) is 3. The number of ether oxygens (including phenoxy) is 1. The molecule has 0 amide bonds. The summed E-state index contributed by atoms with van der Waals surface area (Å²) in [6.45, 7) is 0. The van der Waals surface area contributed by atoms with E-state index in [4.69, 9.17) is 10.1 Å². The van der Waals surface area contributed by atoms with Gasteiger partial charge in [-0.2, -0.15) is 0 Å². The molecule has 0 saturated carbocycles. The van der Waals surface area contributed by atoms with Gasteiger partial charge >= 0.3 is 6.20 Å². The number of benzene rings is 1. The zero-order valence-electron chi connectivity index (χ0n) is 7.14. The minimum Gasteiger partial charge on any atom is -0.501 e. The fraction of sp³-hybridized carbons (Fsp3) is 0.111. The first-order valence-electron chi connectivity index (χ1n) is 3.65. The number of hydrogen-bond donors (Lipinski definition) is 1. The van der Waals surface area contributed by atoms with Crippen LogP contribution in [0.25, 0.3) is 10.7 Å². The van der Waals surface area contributed by atoms with Crippen molar-refractivity contribution in [2.75, 3.05) is 7.11 Å². The van der Waals surface area contributed by atoms with Gasteiger partial charge < -0.3 is 9.84 Å². The van der Waals surface area contributed by atoms with Gasteiger partial charge in [0.1, 0.15) is 5.75 Å². The predicted octanol–water partition coefficient (Wildman–Crippen LogP) is 2.40. The smallest absolute Gasteiger partial charge is 0.392 e. The molecule has 13 heavy (non-hydrogen) atoms. The van der Waals surface area contributed by atoms with E-state index in [1.54, 1.807) is 31.4 Å². The van der Waals surface area contributed by atoms with Crippen LogP contribution in [0.1, 0.15) is 5.56 Å². The third-order valence-corrected chi connectivity index (χ3v) is 1.57. The Hall–Kier alpha value is -2.02. The summed E-state index contributed by atoms with van der Waals surface area (Å²) in [5.41, 5.74) is 0.568. The molecule has 0 saturated heterocycles. The topological polar surface area (TPSA) is 57.6 Å². The monoisotopic (exact) mass is 177 g/mol. The molecule has 1 aromatic rings. The van der Waals surface area contributed by atoms with Gasteiger partial charge in [0.2, 0.25) is 11.2 Å². The van der Waals surface area contributed by atoms with Crippen molar-refractivity contribution in [2.24, 2.45) is 0 Å². The molecule has 4 nitrogen and oxygen atoms in total. The Morgan fingerprint density at radius 3 is 2.54 bits per heavy atom. The van der Waals surface area contributed by atoms with Crippen LogP contribution < -0.4 is 4.74 Å². The summed E-state index contributed by atoms with van der Waals surface area (Å²) in [6.07, 6.45) is 0.960. The van der Waals surface area contributed by atoms with Crippen LogP contribution in [0.4, 0.5) is 0 Å². The Kier molecular flexibility index (Phi) is 2.87. The Labute approximate surface area is 75.7 Å². The van der Waals surface area contributed by atoms with Crippen LogP contribution in [0.5, 0.6) is 5.75 Å². The minimum atomic E-state index is -0.0925. The van der Waals surface area contributed by atoms with Crippen molar-refractivity contribution in [1.82, 2.24) is 0 Å². The van der Waals surface area contributed by atoms with Crippen molar-refractivity contribution in [3.63, 3.8) is 0 Å². The SMILES string of the molecule is COc1ccc(/C(O)=C\[N+]#N)cc1. The summed E-state index contributed by atoms with van der Waals surface area (Å²) in [6, 6.07) is 6.74. The molecule has 1 rings (SSSR count). The van der Waals surface area contributed by atoms with Gasteiger partial charge in [0.05, 0.1) is 7.11 Å². The highest BCUT2D eigenvalue weighted by Gasteiger charge is 2.03. The standard InChI is InChI=1S/C9H8N2O2/c1-13-8-4-2-7(3-5-8)9(12)6-11-10/h2-6H,1H3/p+1/b9-6+. The van der Waals surface area contributed by atoms with Crippen LogP contribution in [-0.2, 0) is 0 Å². The minimum absolute atomic E-state index is 0.0925. The van der Waals surface area contributed by atoms with Gasteiger partial charge in [-0.1, -0.05) is 0 Å². The third kappa shape index (κ3) is 2.20. The molecule has 0 aliphatic carbocycles. The molecule has 1 N–H and O–H groups in total. The number of nitrogens with zero attached hydrogens (tertiary/aromatic N) is 2. The van der Waals surface area contributed by atoms with E-state index in [0.717, 1.165) is 6.20 Å². The molecule has 0 spiro atoms. The van der Waals surface area contributed by atoms with Gasteiger partial charge in [0.15, 0.2) is 4.98 Å². The van der Waals surface area contributed by atoms with Gasteiger partial charge in [-0.25, -0.2) is 0 Å². The molecule has 0 unspecified atom stereocenters. The van der Waals surface area contributed by atoms with Crippen LogP contribution >= 0.6 is 0 Å². The third-order valence-electron chi connectivity index (χ3n) is 1.57. The average molecular weight is 177 g/mol. The number of methoxy groups -OCH3 is 1. The van der Waals surface area contributed by atoms with Crippen molar-refractivity contribution < 1.29 is 9.84 Å². The molecule has 0 aliphatic rings. The van der Waals surface area contributed by atoms with E-state index in [9.17, 15) is 5.11 Å². The van der Waals surface area contributed by atoms with Crippen LogP contribution in [0.15, 0.2) is 30.5 Å². The van der Waals surface area contributed by atoms with Gasteiger partial charge in [-0.05, 0) is 24.3 Å². The molecule has 0 bridgehead atoms. The summed E-state index contributed by atoms with van der Waals surface area (Å²) >= 11 is 0. The highest BCUT2D eigenvalue weighted by atomic mass is 16.5. The lowest BCUT2D eigenvalue weighted by molar-refractivity contribution is 0.414. The maximum absolute atomic E-state index is 9.25. The molecule has 0 aromatic heterocycles. The lowest BCUT2D eigenvalue weighted by Gasteiger charge is -1.99. The lowest BCUT2D eigenvalue weighted by atomic mass is 10.2. The molecular weight excluding hydrogens is 168 g/mol. The second kappa shape index (κ2) is 4.12. The van der Waals surface area contributed by atoms with E-state index in [1.807, 2.05) is 0 Å². The maximum Gasteiger partial charge on any atom is 0.392 e. The van der Waals surface area contributed by atoms with Crippen LogP contribution in [-0.4, -0.2) is 12.2 Å². The Balaban J connectivity index is 2.94. The van der Waals surface area contributed by atoms with Crippen LogP contribution in [0, 0.1) is 5.39 Å². The quantitative estimate of drug-likeness (QED) is 0.557. The first-order chi connectivity index (χ1) is 6.27. The summed E-state index contributed by atoms with van der Waals surface area (Å²) in [5.74, 6) is 0.614. The number of diazo groups is 1. The lowest BCUT2D eigenvalue weighted by Crippen LogP contribution is -1.84. The van der Waals surface area contributed by atoms with Crippen LogP contribution in [0.3, 0.4) is 0 Å². The largest absolute Gasteiger partial charge is 0.501 e. The van der Waals surface area contributed by atoms with E-state index in [2.05, 4.69) is 4.98 Å². The average Bonchev–Trinajstić information content (AvgIpc) is 2.18. The Bertz CT molecular complexity index is 349. The summed E-state index contributed by atoms with van der Waals surface area (Å²) < 4.78 is 4.93. The van der Waals surface area contributed by atoms with Crippen molar-refractivity contribution >= 4 is 5.76 Å². The zero-order valence-corrected chi connectivity index (χ0v) is 7.14. The van der Waals surface area contributed by atoms with Crippen molar-refractivity contribution in [1.29, 1.82) is 5.39 Å². The summed E-state index contributed by atoms with van der Waals surface area (Å²) in [4.78, 5) is 2.71. The number of aliphatic hydroxyl groups is 1. The first-order valence-corrected chi connectivity index (χ1v) is 3.65. The highest BCUT2D eigenvalue weighted by molar-refractivity contribution is 5.59. The van der Waals surface area contributed by atoms with Gasteiger partial charge in [0.25, 0.3) is 0 Å². The highest BCUT2D eigenvalue weighted by Crippen LogP contribution is 2.16. The van der Waals surface area contributed by atoms with Gasteiger partial charge in [-0.15, -0.1) is 0 Å². The van der Waals surface area contributed by atoms with Gasteiger partial charge in [-0.3, -0.25) is 0 Å². The van der Waals surface area contributed by atoms with E-state index < -0.39 is 0 Å². The summed E-state index contributed by atoms with van der Waals surface area (Å²) in [5, 5.41) is 17.4. The molecule has 4 heteroatoms. The number of aliphatic hydroxyl groups excluding tert-OH is 1. The maximum atomic E-state index is 9.25. The van der Waals surface area contributed by atoms with Crippen molar-refractivity contribution in [3.05, 3.63) is 41.0 Å². The molecule has 1 aromatic carbocycles. The number of rotatable bonds is 2. The second-order valence-electron chi connectivity index (χ2n) is 2.36. The Morgan fingerprint density at radius 2 is 2.08 bits per heavy atom. The fourth-order valence-corrected chi connectivity index (χ4v) is 0.891. The first kappa shape index (κ1) is 9.07. The predicted molar refractivity (Wildman–Crippen MR) is 48.7 cm³/mol. The fourth-order valence-electron chi connectivity index (χ4n) is 0.891. The molecule has 66 valence electrons. The molecule has 0 heterocycles. The van der Waals surface area contributed by atoms with Gasteiger partial charge in [0, 0.05) is 5.56 Å². The van der Waals surface area contributed by atoms with Crippen molar-refractivity contribution in [2.45, 2.75) is 0 Å². The molecule has 0 atom stereocenters. The normalized spacial score (nSPS) is 10.6. The molecule has 0 fully saturated rings. The van der Waals surface area contributed by atoms with E-state index >= 15 is 0 Å². The van der Waals surface area contributed by atoms with E-state index in [-0.39, 0.29) is 5.76 Å². The second-order valence-corrected chi connectivity index (χ2v) is 2.36. The summed E-state index contributed by atoms with van der Waals surface area (Å²) in [7, 11) is 1.56.